The average molecular weight is 216 g/mol. The fourth-order valence-electron chi connectivity index (χ4n) is 1.67. The Morgan fingerprint density at radius 1 is 1.38 bits per heavy atom. The number of benzene rings is 1. The molecule has 1 aromatic carbocycles. The molecule has 0 saturated carbocycles. The molecule has 3 N–H and O–H groups in total. The molecule has 16 heavy (non-hydrogen) atoms. The van der Waals surface area contributed by atoms with Gasteiger partial charge in [-0.1, -0.05) is 18.2 Å². The van der Waals surface area contributed by atoms with Gasteiger partial charge < -0.3 is 10.8 Å². The molecule has 0 amide bonds. The van der Waals surface area contributed by atoms with Gasteiger partial charge in [0.2, 0.25) is 0 Å². The third-order valence-corrected chi connectivity index (χ3v) is 2.49. The number of rotatable bonds is 3. The number of pyridine rings is 1. The molecule has 1 atom stereocenters. The zero-order valence-corrected chi connectivity index (χ0v) is 8.63. The van der Waals surface area contributed by atoms with Gasteiger partial charge in [-0.2, -0.15) is 0 Å². The lowest BCUT2D eigenvalue weighted by molar-refractivity contribution is -0.138. The first-order valence-electron chi connectivity index (χ1n) is 4.99. The number of hydrogen-bond donors (Lipinski definition) is 2. The van der Waals surface area contributed by atoms with Crippen molar-refractivity contribution in [1.82, 2.24) is 4.98 Å². The standard InChI is InChI=1S/C12H12N2O2/c13-10(12(15)16)7-8-3-1-5-11-9(8)4-2-6-14-11/h1-6,10H,7,13H2,(H,15,16). The fourth-order valence-corrected chi connectivity index (χ4v) is 1.67. The zero-order chi connectivity index (χ0) is 11.5. The van der Waals surface area contributed by atoms with E-state index in [-0.39, 0.29) is 0 Å². The summed E-state index contributed by atoms with van der Waals surface area (Å²) in [5.41, 5.74) is 7.30. The van der Waals surface area contributed by atoms with Crippen molar-refractivity contribution in [2.24, 2.45) is 5.73 Å². The van der Waals surface area contributed by atoms with E-state index < -0.39 is 12.0 Å². The number of aromatic nitrogens is 1. The number of nitrogens with zero attached hydrogens (tertiary/aromatic N) is 1. The first-order valence-corrected chi connectivity index (χ1v) is 4.99. The summed E-state index contributed by atoms with van der Waals surface area (Å²) in [6, 6.07) is 8.52. The number of aliphatic carboxylic acids is 1. The summed E-state index contributed by atoms with van der Waals surface area (Å²) in [7, 11) is 0. The van der Waals surface area contributed by atoms with E-state index in [1.165, 1.54) is 0 Å². The molecule has 0 fully saturated rings. The second-order valence-electron chi connectivity index (χ2n) is 3.64. The van der Waals surface area contributed by atoms with Crippen molar-refractivity contribution in [3.8, 4) is 0 Å². The Morgan fingerprint density at radius 2 is 2.19 bits per heavy atom. The normalized spacial score (nSPS) is 12.6. The largest absolute Gasteiger partial charge is 0.480 e. The molecule has 0 bridgehead atoms. The summed E-state index contributed by atoms with van der Waals surface area (Å²) in [5.74, 6) is -0.985. The Balaban J connectivity index is 2.41. The SMILES string of the molecule is NC(Cc1cccc2ncccc12)C(=O)O. The maximum atomic E-state index is 10.7. The van der Waals surface area contributed by atoms with E-state index in [1.807, 2.05) is 30.3 Å². The van der Waals surface area contributed by atoms with Crippen molar-refractivity contribution in [3.05, 3.63) is 42.1 Å². The number of nitrogens with two attached hydrogens (primary N) is 1. The number of fused-ring (bicyclic) bond motifs is 1. The Kier molecular flexibility index (Phi) is 2.83. The van der Waals surface area contributed by atoms with E-state index in [0.29, 0.717) is 6.42 Å². The highest BCUT2D eigenvalue weighted by Crippen LogP contribution is 2.17. The van der Waals surface area contributed by atoms with E-state index in [0.717, 1.165) is 16.5 Å². The van der Waals surface area contributed by atoms with Crippen molar-refractivity contribution in [1.29, 1.82) is 0 Å². The average Bonchev–Trinajstić information content (AvgIpc) is 2.29. The van der Waals surface area contributed by atoms with Crippen LogP contribution in [0.3, 0.4) is 0 Å². The van der Waals surface area contributed by atoms with E-state index in [2.05, 4.69) is 4.98 Å². The van der Waals surface area contributed by atoms with Crippen molar-refractivity contribution in [2.45, 2.75) is 12.5 Å². The van der Waals surface area contributed by atoms with E-state index in [1.54, 1.807) is 6.20 Å². The summed E-state index contributed by atoms with van der Waals surface area (Å²) >= 11 is 0. The molecule has 1 aromatic heterocycles. The molecular weight excluding hydrogens is 204 g/mol. The van der Waals surface area contributed by atoms with Gasteiger partial charge in [-0.15, -0.1) is 0 Å². The lowest BCUT2D eigenvalue weighted by Gasteiger charge is -2.08. The molecule has 0 spiro atoms. The molecule has 0 radical (unpaired) electrons. The summed E-state index contributed by atoms with van der Waals surface area (Å²) in [5, 5.41) is 9.73. The van der Waals surface area contributed by atoms with Crippen LogP contribution in [-0.4, -0.2) is 22.1 Å². The maximum Gasteiger partial charge on any atom is 0.320 e. The monoisotopic (exact) mass is 216 g/mol. The first kappa shape index (κ1) is 10.6. The van der Waals surface area contributed by atoms with Gasteiger partial charge >= 0.3 is 5.97 Å². The smallest absolute Gasteiger partial charge is 0.320 e. The topological polar surface area (TPSA) is 76.2 Å². The predicted octanol–water partition coefficient (Wildman–Crippen LogP) is 1.19. The Labute approximate surface area is 92.7 Å². The number of hydrogen-bond acceptors (Lipinski definition) is 3. The quantitative estimate of drug-likeness (QED) is 0.808. The lowest BCUT2D eigenvalue weighted by Crippen LogP contribution is -2.32. The molecule has 1 unspecified atom stereocenters. The molecule has 4 nitrogen and oxygen atoms in total. The van der Waals surface area contributed by atoms with Gasteiger partial charge in [0, 0.05) is 11.6 Å². The van der Waals surface area contributed by atoms with Gasteiger partial charge in [0.25, 0.3) is 0 Å². The molecule has 0 aliphatic rings. The van der Waals surface area contributed by atoms with Crippen molar-refractivity contribution >= 4 is 16.9 Å². The molecule has 1 heterocycles. The van der Waals surface area contributed by atoms with Gasteiger partial charge in [-0.3, -0.25) is 9.78 Å². The molecule has 82 valence electrons. The highest BCUT2D eigenvalue weighted by molar-refractivity contribution is 5.83. The molecule has 2 rings (SSSR count). The number of carboxylic acids is 1. The van der Waals surface area contributed by atoms with Crippen LogP contribution in [0.1, 0.15) is 5.56 Å². The minimum Gasteiger partial charge on any atom is -0.480 e. The van der Waals surface area contributed by atoms with Crippen molar-refractivity contribution in [3.63, 3.8) is 0 Å². The van der Waals surface area contributed by atoms with Gasteiger partial charge in [-0.25, -0.2) is 0 Å². The van der Waals surface area contributed by atoms with E-state index in [4.69, 9.17) is 10.8 Å². The third-order valence-electron chi connectivity index (χ3n) is 2.49. The van der Waals surface area contributed by atoms with Gasteiger partial charge in [0.15, 0.2) is 0 Å². The predicted molar refractivity (Wildman–Crippen MR) is 61.1 cm³/mol. The summed E-state index contributed by atoms with van der Waals surface area (Å²) in [6.07, 6.45) is 2.03. The summed E-state index contributed by atoms with van der Waals surface area (Å²) in [6.45, 7) is 0. The van der Waals surface area contributed by atoms with Crippen LogP contribution in [0.2, 0.25) is 0 Å². The molecule has 2 aromatic rings. The second kappa shape index (κ2) is 4.28. The third kappa shape index (κ3) is 2.01. The molecule has 0 saturated heterocycles. The maximum absolute atomic E-state index is 10.7. The number of carboxylic acid groups (broad SMARTS) is 1. The van der Waals surface area contributed by atoms with E-state index >= 15 is 0 Å². The highest BCUT2D eigenvalue weighted by Gasteiger charge is 2.13. The second-order valence-corrected chi connectivity index (χ2v) is 3.64. The van der Waals surface area contributed by atoms with Crippen molar-refractivity contribution < 1.29 is 9.90 Å². The van der Waals surface area contributed by atoms with Crippen LogP contribution in [-0.2, 0) is 11.2 Å². The Morgan fingerprint density at radius 3 is 2.94 bits per heavy atom. The van der Waals surface area contributed by atoms with Crippen LogP contribution in [0.25, 0.3) is 10.9 Å². The van der Waals surface area contributed by atoms with Crippen LogP contribution >= 0.6 is 0 Å². The molecular formula is C12H12N2O2. The zero-order valence-electron chi connectivity index (χ0n) is 8.63. The summed E-state index contributed by atoms with van der Waals surface area (Å²) < 4.78 is 0. The highest BCUT2D eigenvalue weighted by atomic mass is 16.4. The fraction of sp³-hybridized carbons (Fsp3) is 0.167. The van der Waals surface area contributed by atoms with Gasteiger partial charge in [-0.05, 0) is 24.1 Å². The molecule has 0 aliphatic carbocycles. The number of carbonyl (C=O) groups is 1. The van der Waals surface area contributed by atoms with Gasteiger partial charge in [0.05, 0.1) is 5.52 Å². The van der Waals surface area contributed by atoms with Crippen LogP contribution in [0.4, 0.5) is 0 Å². The van der Waals surface area contributed by atoms with Crippen LogP contribution in [0.15, 0.2) is 36.5 Å². The Bertz CT molecular complexity index is 520. The van der Waals surface area contributed by atoms with Crippen LogP contribution < -0.4 is 5.73 Å². The van der Waals surface area contributed by atoms with Crippen molar-refractivity contribution in [2.75, 3.05) is 0 Å². The molecule has 0 aliphatic heterocycles. The van der Waals surface area contributed by atoms with Crippen LogP contribution in [0, 0.1) is 0 Å². The Hall–Kier alpha value is -1.94. The first-order chi connectivity index (χ1) is 7.68. The minimum atomic E-state index is -0.985. The molecule has 4 heteroatoms. The van der Waals surface area contributed by atoms with Gasteiger partial charge in [0.1, 0.15) is 6.04 Å². The van der Waals surface area contributed by atoms with Crippen LogP contribution in [0.5, 0.6) is 0 Å². The lowest BCUT2D eigenvalue weighted by atomic mass is 10.0. The minimum absolute atomic E-state index is 0.318. The summed E-state index contributed by atoms with van der Waals surface area (Å²) in [4.78, 5) is 14.9. The van der Waals surface area contributed by atoms with E-state index in [9.17, 15) is 4.79 Å².